The molecule has 1 saturated carbocycles. The van der Waals surface area contributed by atoms with Crippen molar-refractivity contribution in [2.24, 2.45) is 11.8 Å². The molecule has 1 aromatic carbocycles. The first-order chi connectivity index (χ1) is 9.20. The van der Waals surface area contributed by atoms with E-state index in [1.807, 2.05) is 6.07 Å². The van der Waals surface area contributed by atoms with E-state index in [2.05, 4.69) is 49.4 Å². The molecule has 0 bridgehead atoms. The molecule has 1 aromatic rings. The zero-order valence-electron chi connectivity index (χ0n) is 11.2. The Morgan fingerprint density at radius 2 is 1.95 bits per heavy atom. The van der Waals surface area contributed by atoms with E-state index < -0.39 is 0 Å². The Morgan fingerprint density at radius 1 is 1.21 bits per heavy atom. The Hall–Kier alpha value is 0.1000. The van der Waals surface area contributed by atoms with Crippen molar-refractivity contribution in [2.45, 2.75) is 51.0 Å². The number of halogens is 2. The van der Waals surface area contributed by atoms with E-state index in [9.17, 15) is 0 Å². The summed E-state index contributed by atoms with van der Waals surface area (Å²) in [6, 6.07) is 6.50. The zero-order chi connectivity index (χ0) is 13.7. The molecule has 0 radical (unpaired) electrons. The van der Waals surface area contributed by atoms with E-state index in [4.69, 9.17) is 5.84 Å². The maximum absolute atomic E-state index is 5.75. The van der Waals surface area contributed by atoms with Gasteiger partial charge in [0.05, 0.1) is 0 Å². The fraction of sp³-hybridized carbons (Fsp3) is 0.600. The van der Waals surface area contributed by atoms with E-state index in [-0.39, 0.29) is 6.04 Å². The molecule has 0 saturated heterocycles. The molecule has 0 aliphatic heterocycles. The van der Waals surface area contributed by atoms with Crippen LogP contribution in [-0.4, -0.2) is 0 Å². The highest BCUT2D eigenvalue weighted by molar-refractivity contribution is 9.11. The van der Waals surface area contributed by atoms with Crippen LogP contribution in [0, 0.1) is 5.92 Å². The number of rotatable bonds is 5. The largest absolute Gasteiger partial charge is 0.271 e. The van der Waals surface area contributed by atoms with Gasteiger partial charge >= 0.3 is 0 Å². The molecule has 19 heavy (non-hydrogen) atoms. The molecule has 1 atom stereocenters. The van der Waals surface area contributed by atoms with Gasteiger partial charge in [-0.05, 0) is 42.5 Å². The van der Waals surface area contributed by atoms with Crippen LogP contribution < -0.4 is 11.3 Å². The third-order valence-corrected chi connectivity index (χ3v) is 5.34. The van der Waals surface area contributed by atoms with Gasteiger partial charge in [-0.3, -0.25) is 11.3 Å². The average molecular weight is 390 g/mol. The van der Waals surface area contributed by atoms with Crippen LogP contribution in [0.1, 0.15) is 56.6 Å². The lowest BCUT2D eigenvalue weighted by Gasteiger charge is -2.24. The van der Waals surface area contributed by atoms with Crippen LogP contribution in [0.25, 0.3) is 0 Å². The summed E-state index contributed by atoms with van der Waals surface area (Å²) in [5, 5.41) is 0. The summed E-state index contributed by atoms with van der Waals surface area (Å²) >= 11 is 7.15. The molecule has 2 rings (SSSR count). The van der Waals surface area contributed by atoms with Crippen LogP contribution in [0.2, 0.25) is 0 Å². The van der Waals surface area contributed by atoms with Gasteiger partial charge in [0.1, 0.15) is 0 Å². The molecule has 1 aliphatic carbocycles. The molecule has 106 valence electrons. The molecule has 0 aromatic heterocycles. The van der Waals surface area contributed by atoms with Crippen LogP contribution in [0.4, 0.5) is 0 Å². The van der Waals surface area contributed by atoms with Crippen LogP contribution in [0.3, 0.4) is 0 Å². The Morgan fingerprint density at radius 3 is 2.63 bits per heavy atom. The quantitative estimate of drug-likeness (QED) is 0.544. The van der Waals surface area contributed by atoms with Crippen LogP contribution in [0.15, 0.2) is 27.1 Å². The first kappa shape index (κ1) is 15.5. The molecule has 0 spiro atoms. The predicted molar refractivity (Wildman–Crippen MR) is 87.7 cm³/mol. The van der Waals surface area contributed by atoms with Gasteiger partial charge in [-0.15, -0.1) is 0 Å². The SMILES string of the molecule is NNC(CCC1CCCCC1)c1cc(Br)ccc1Br. The van der Waals surface area contributed by atoms with Crippen molar-refractivity contribution >= 4 is 31.9 Å². The number of hydrazine groups is 1. The summed E-state index contributed by atoms with van der Waals surface area (Å²) in [6.07, 6.45) is 9.42. The number of nitrogens with two attached hydrogens (primary N) is 1. The Bertz CT molecular complexity index is 403. The Labute approximate surface area is 132 Å². The zero-order valence-corrected chi connectivity index (χ0v) is 14.3. The van der Waals surface area contributed by atoms with Crippen LogP contribution in [0.5, 0.6) is 0 Å². The van der Waals surface area contributed by atoms with Crippen LogP contribution >= 0.6 is 31.9 Å². The molecule has 4 heteroatoms. The van der Waals surface area contributed by atoms with Crippen molar-refractivity contribution < 1.29 is 0 Å². The molecule has 0 amide bonds. The Kier molecular flexibility index (Phi) is 6.33. The molecular formula is C15H22Br2N2. The number of nitrogens with one attached hydrogen (secondary N) is 1. The van der Waals surface area contributed by atoms with E-state index in [0.29, 0.717) is 0 Å². The summed E-state index contributed by atoms with van der Waals surface area (Å²) in [7, 11) is 0. The van der Waals surface area contributed by atoms with E-state index in [0.717, 1.165) is 21.3 Å². The summed E-state index contributed by atoms with van der Waals surface area (Å²) < 4.78 is 2.23. The van der Waals surface area contributed by atoms with Crippen molar-refractivity contribution in [2.75, 3.05) is 0 Å². The van der Waals surface area contributed by atoms with Gasteiger partial charge in [-0.1, -0.05) is 64.0 Å². The second-order valence-electron chi connectivity index (χ2n) is 5.47. The van der Waals surface area contributed by atoms with Gasteiger partial charge in [-0.2, -0.15) is 0 Å². The average Bonchev–Trinajstić information content (AvgIpc) is 2.44. The molecule has 1 fully saturated rings. The maximum Gasteiger partial charge on any atom is 0.0471 e. The van der Waals surface area contributed by atoms with Gasteiger partial charge in [0.15, 0.2) is 0 Å². The molecule has 0 heterocycles. The predicted octanol–water partition coefficient (Wildman–Crippen LogP) is 5.08. The highest BCUT2D eigenvalue weighted by atomic mass is 79.9. The summed E-state index contributed by atoms with van der Waals surface area (Å²) in [5.74, 6) is 6.65. The topological polar surface area (TPSA) is 38.0 Å². The van der Waals surface area contributed by atoms with E-state index in [1.54, 1.807) is 0 Å². The highest BCUT2D eigenvalue weighted by Gasteiger charge is 2.18. The third-order valence-electron chi connectivity index (χ3n) is 4.12. The minimum Gasteiger partial charge on any atom is -0.271 e. The van der Waals surface area contributed by atoms with Crippen molar-refractivity contribution in [3.05, 3.63) is 32.7 Å². The van der Waals surface area contributed by atoms with Gasteiger partial charge in [0.25, 0.3) is 0 Å². The normalized spacial score (nSPS) is 18.5. The first-order valence-electron chi connectivity index (χ1n) is 7.12. The van der Waals surface area contributed by atoms with Gasteiger partial charge < -0.3 is 0 Å². The van der Waals surface area contributed by atoms with E-state index >= 15 is 0 Å². The lowest BCUT2D eigenvalue weighted by atomic mass is 9.84. The Balaban J connectivity index is 1.97. The fourth-order valence-electron chi connectivity index (χ4n) is 2.99. The number of hydrogen-bond donors (Lipinski definition) is 2. The van der Waals surface area contributed by atoms with Crippen molar-refractivity contribution in [1.29, 1.82) is 0 Å². The molecule has 3 N–H and O–H groups in total. The second kappa shape index (κ2) is 7.77. The number of hydrogen-bond acceptors (Lipinski definition) is 2. The fourth-order valence-corrected chi connectivity index (χ4v) is 3.89. The lowest BCUT2D eigenvalue weighted by Crippen LogP contribution is -2.29. The van der Waals surface area contributed by atoms with Crippen molar-refractivity contribution in [1.82, 2.24) is 5.43 Å². The molecular weight excluding hydrogens is 368 g/mol. The van der Waals surface area contributed by atoms with Crippen molar-refractivity contribution in [3.8, 4) is 0 Å². The van der Waals surface area contributed by atoms with Crippen LogP contribution in [-0.2, 0) is 0 Å². The molecule has 1 aliphatic rings. The first-order valence-corrected chi connectivity index (χ1v) is 8.70. The van der Waals surface area contributed by atoms with Gasteiger partial charge in [-0.25, -0.2) is 0 Å². The third kappa shape index (κ3) is 4.55. The lowest BCUT2D eigenvalue weighted by molar-refractivity contribution is 0.314. The summed E-state index contributed by atoms with van der Waals surface area (Å²) in [4.78, 5) is 0. The molecule has 2 nitrogen and oxygen atoms in total. The highest BCUT2D eigenvalue weighted by Crippen LogP contribution is 2.33. The number of benzene rings is 1. The van der Waals surface area contributed by atoms with Gasteiger partial charge in [0.2, 0.25) is 0 Å². The molecule has 1 unspecified atom stereocenters. The van der Waals surface area contributed by atoms with Gasteiger partial charge in [0, 0.05) is 15.0 Å². The second-order valence-corrected chi connectivity index (χ2v) is 7.24. The minimum absolute atomic E-state index is 0.230. The monoisotopic (exact) mass is 388 g/mol. The van der Waals surface area contributed by atoms with Crippen molar-refractivity contribution in [3.63, 3.8) is 0 Å². The summed E-state index contributed by atoms with van der Waals surface area (Å²) in [5.41, 5.74) is 4.22. The minimum atomic E-state index is 0.230. The smallest absolute Gasteiger partial charge is 0.0471 e. The standard InChI is InChI=1S/C15H22Br2N2/c16-12-7-8-14(17)13(10-12)15(19-18)9-6-11-4-2-1-3-5-11/h7-8,10-11,15,19H,1-6,9,18H2. The van der Waals surface area contributed by atoms with E-state index in [1.165, 1.54) is 44.1 Å². The maximum atomic E-state index is 5.75. The summed E-state index contributed by atoms with van der Waals surface area (Å²) in [6.45, 7) is 0.